The van der Waals surface area contributed by atoms with Gasteiger partial charge in [-0.2, -0.15) is 0 Å². The third kappa shape index (κ3) is 3.44. The minimum absolute atomic E-state index is 0.222. The lowest BCUT2D eigenvalue weighted by Crippen LogP contribution is -2.53. The van der Waals surface area contributed by atoms with Crippen LogP contribution in [0.4, 0.5) is 23.7 Å². The van der Waals surface area contributed by atoms with Crippen molar-refractivity contribution >= 4 is 11.7 Å². The molecule has 0 unspecified atom stereocenters. The topological polar surface area (TPSA) is 50.8 Å². The number of carbonyl (C=O) groups excluding carboxylic acids is 1. The Labute approximate surface area is 153 Å². The summed E-state index contributed by atoms with van der Waals surface area (Å²) in [5.41, 5.74) is 0.166. The molecule has 8 heteroatoms. The number of carbonyl (C=O) groups is 1. The number of hydrogen-bond donors (Lipinski definition) is 1. The van der Waals surface area contributed by atoms with Gasteiger partial charge in [0.25, 0.3) is 0 Å². The van der Waals surface area contributed by atoms with Crippen LogP contribution in [-0.4, -0.2) is 29.8 Å². The normalized spacial score (nSPS) is 18.0. The largest absolute Gasteiger partial charge is 0.462 e. The predicted molar refractivity (Wildman–Crippen MR) is 90.7 cm³/mol. The van der Waals surface area contributed by atoms with Crippen LogP contribution in [0.5, 0.6) is 5.75 Å². The van der Waals surface area contributed by atoms with Crippen molar-refractivity contribution in [3.8, 4) is 5.75 Å². The highest BCUT2D eigenvalue weighted by molar-refractivity contribution is 5.89. The van der Waals surface area contributed by atoms with Gasteiger partial charge in [0.05, 0.1) is 6.61 Å². The quantitative estimate of drug-likeness (QED) is 0.815. The van der Waals surface area contributed by atoms with Gasteiger partial charge in [0.1, 0.15) is 28.9 Å². The van der Waals surface area contributed by atoms with Crippen LogP contribution < -0.4 is 10.1 Å². The van der Waals surface area contributed by atoms with Crippen LogP contribution in [0, 0.1) is 17.5 Å². The fourth-order valence-electron chi connectivity index (χ4n) is 3.30. The number of anilines is 1. The van der Waals surface area contributed by atoms with Gasteiger partial charge in [-0.3, -0.25) is 0 Å². The van der Waals surface area contributed by atoms with Crippen molar-refractivity contribution in [1.82, 2.24) is 4.90 Å². The van der Waals surface area contributed by atoms with Crippen LogP contribution in [0.25, 0.3) is 0 Å². The maximum absolute atomic E-state index is 13.7. The van der Waals surface area contributed by atoms with E-state index in [0.717, 1.165) is 12.1 Å². The molecule has 2 aliphatic heterocycles. The molecule has 2 amide bonds. The first-order valence-electron chi connectivity index (χ1n) is 8.57. The lowest BCUT2D eigenvalue weighted by molar-refractivity contribution is -0.225. The summed E-state index contributed by atoms with van der Waals surface area (Å²) in [6, 6.07) is 7.05. The van der Waals surface area contributed by atoms with E-state index < -0.39 is 29.1 Å². The molecule has 2 aromatic rings. The minimum Gasteiger partial charge on any atom is -0.462 e. The van der Waals surface area contributed by atoms with E-state index in [1.54, 1.807) is 6.07 Å². The Kier molecular flexibility index (Phi) is 4.43. The van der Waals surface area contributed by atoms with Gasteiger partial charge in [-0.15, -0.1) is 0 Å². The molecule has 0 aliphatic carbocycles. The molecular weight excluding hydrogens is 361 g/mol. The molecule has 4 rings (SSSR count). The van der Waals surface area contributed by atoms with Gasteiger partial charge in [0.15, 0.2) is 0 Å². The summed E-state index contributed by atoms with van der Waals surface area (Å²) in [6.07, 6.45) is 0.772. The molecule has 5 nitrogen and oxygen atoms in total. The Hall–Kier alpha value is -2.74. The highest BCUT2D eigenvalue weighted by Crippen LogP contribution is 2.37. The fraction of sp³-hybridized carbons (Fsp3) is 0.316. The molecule has 27 heavy (non-hydrogen) atoms. The van der Waals surface area contributed by atoms with Crippen molar-refractivity contribution in [2.45, 2.75) is 25.2 Å². The van der Waals surface area contributed by atoms with Gasteiger partial charge in [0, 0.05) is 31.5 Å². The third-order valence-corrected chi connectivity index (χ3v) is 4.82. The molecule has 2 heterocycles. The van der Waals surface area contributed by atoms with E-state index in [9.17, 15) is 18.0 Å². The van der Waals surface area contributed by atoms with E-state index in [2.05, 4.69) is 5.32 Å². The summed E-state index contributed by atoms with van der Waals surface area (Å²) < 4.78 is 52.4. The molecule has 0 saturated carbocycles. The zero-order valence-corrected chi connectivity index (χ0v) is 14.3. The Balaban J connectivity index is 1.40. The summed E-state index contributed by atoms with van der Waals surface area (Å²) >= 11 is 0. The van der Waals surface area contributed by atoms with E-state index in [-0.39, 0.29) is 12.4 Å². The molecule has 2 aliphatic rings. The fourth-order valence-corrected chi connectivity index (χ4v) is 3.30. The average Bonchev–Trinajstić information content (AvgIpc) is 2.66. The smallest absolute Gasteiger partial charge is 0.322 e. The highest BCUT2D eigenvalue weighted by atomic mass is 19.1. The van der Waals surface area contributed by atoms with Crippen molar-refractivity contribution in [3.63, 3.8) is 0 Å². The van der Waals surface area contributed by atoms with Crippen LogP contribution in [0.1, 0.15) is 18.4 Å². The maximum Gasteiger partial charge on any atom is 0.322 e. The molecule has 0 bridgehead atoms. The third-order valence-electron chi connectivity index (χ3n) is 4.82. The van der Waals surface area contributed by atoms with Gasteiger partial charge in [-0.1, -0.05) is 6.07 Å². The number of nitrogens with one attached hydrogen (secondary N) is 1. The first-order chi connectivity index (χ1) is 13.0. The summed E-state index contributed by atoms with van der Waals surface area (Å²) in [5.74, 6) is -2.35. The Morgan fingerprint density at radius 2 is 1.78 bits per heavy atom. The van der Waals surface area contributed by atoms with Crippen molar-refractivity contribution in [2.24, 2.45) is 0 Å². The number of halogens is 3. The van der Waals surface area contributed by atoms with Gasteiger partial charge < -0.3 is 19.7 Å². The van der Waals surface area contributed by atoms with E-state index in [4.69, 9.17) is 9.47 Å². The lowest BCUT2D eigenvalue weighted by atomic mass is 10.0. The molecule has 0 atom stereocenters. The molecule has 0 radical (unpaired) electrons. The number of ether oxygens (including phenoxy) is 2. The molecular formula is C19H17F3N2O3. The summed E-state index contributed by atoms with van der Waals surface area (Å²) in [5, 5.41) is 2.28. The zero-order chi connectivity index (χ0) is 19.0. The minimum atomic E-state index is -0.884. The van der Waals surface area contributed by atoms with E-state index in [0.29, 0.717) is 37.2 Å². The number of amides is 2. The second kappa shape index (κ2) is 6.77. The first-order valence-corrected chi connectivity index (χ1v) is 8.57. The second-order valence-electron chi connectivity index (χ2n) is 6.57. The number of rotatable bonds is 1. The molecule has 0 aromatic heterocycles. The first kappa shape index (κ1) is 17.7. The lowest BCUT2D eigenvalue weighted by Gasteiger charge is -2.43. The summed E-state index contributed by atoms with van der Waals surface area (Å²) in [4.78, 5) is 13.8. The van der Waals surface area contributed by atoms with Crippen molar-refractivity contribution in [1.29, 1.82) is 0 Å². The van der Waals surface area contributed by atoms with Crippen LogP contribution in [0.3, 0.4) is 0 Å². The average molecular weight is 378 g/mol. The number of hydrogen-bond acceptors (Lipinski definition) is 3. The highest BCUT2D eigenvalue weighted by Gasteiger charge is 2.42. The number of nitrogens with zero attached hydrogens (tertiary/aromatic N) is 1. The molecule has 1 spiro atoms. The van der Waals surface area contributed by atoms with Crippen molar-refractivity contribution in [2.75, 3.05) is 18.4 Å². The zero-order valence-electron chi connectivity index (χ0n) is 14.3. The molecule has 2 aromatic carbocycles. The standard InChI is InChI=1S/C19H17F3N2O3/c20-13-4-5-16-12(10-13)11-26-19(27-16)6-8-24(9-7-19)18(25)23-17-14(21)2-1-3-15(17)22/h1-5,10H,6-9,11H2,(H,23,25). The van der Waals surface area contributed by atoms with Gasteiger partial charge >= 0.3 is 6.03 Å². The van der Waals surface area contributed by atoms with Crippen LogP contribution >= 0.6 is 0 Å². The molecule has 1 N–H and O–H groups in total. The van der Waals surface area contributed by atoms with Crippen molar-refractivity contribution in [3.05, 3.63) is 59.4 Å². The summed E-state index contributed by atoms with van der Waals surface area (Å²) in [6.45, 7) is 0.802. The number of piperidine rings is 1. The number of benzene rings is 2. The monoisotopic (exact) mass is 378 g/mol. The Morgan fingerprint density at radius 3 is 2.48 bits per heavy atom. The van der Waals surface area contributed by atoms with Crippen LogP contribution in [-0.2, 0) is 11.3 Å². The Morgan fingerprint density at radius 1 is 1.07 bits per heavy atom. The summed E-state index contributed by atoms with van der Waals surface area (Å²) in [7, 11) is 0. The molecule has 1 saturated heterocycles. The van der Waals surface area contributed by atoms with Gasteiger partial charge in [-0.05, 0) is 30.3 Å². The number of para-hydroxylation sites is 1. The Bertz CT molecular complexity index is 862. The van der Waals surface area contributed by atoms with E-state index in [1.807, 2.05) is 0 Å². The van der Waals surface area contributed by atoms with Crippen LogP contribution in [0.15, 0.2) is 36.4 Å². The maximum atomic E-state index is 13.7. The van der Waals surface area contributed by atoms with Gasteiger partial charge in [-0.25, -0.2) is 18.0 Å². The van der Waals surface area contributed by atoms with Crippen molar-refractivity contribution < 1.29 is 27.4 Å². The predicted octanol–water partition coefficient (Wildman–Crippen LogP) is 4.04. The van der Waals surface area contributed by atoms with E-state index >= 15 is 0 Å². The number of urea groups is 1. The molecule has 1 fully saturated rings. The number of fused-ring (bicyclic) bond motifs is 1. The second-order valence-corrected chi connectivity index (χ2v) is 6.57. The molecule has 142 valence electrons. The van der Waals surface area contributed by atoms with Gasteiger partial charge in [0.2, 0.25) is 5.79 Å². The number of likely N-dealkylation sites (tertiary alicyclic amines) is 1. The SMILES string of the molecule is O=C(Nc1c(F)cccc1F)N1CCC2(CC1)OCc1cc(F)ccc1O2. The van der Waals surface area contributed by atoms with Crippen LogP contribution in [0.2, 0.25) is 0 Å². The van der Waals surface area contributed by atoms with E-state index in [1.165, 1.54) is 23.1 Å².